The molecule has 2 aromatic carbocycles. The van der Waals surface area contributed by atoms with Crippen LogP contribution in [-0.2, 0) is 10.0 Å². The van der Waals surface area contributed by atoms with Crippen LogP contribution in [0.2, 0.25) is 0 Å². The number of rotatable bonds is 4. The first-order chi connectivity index (χ1) is 10.5. The summed E-state index contributed by atoms with van der Waals surface area (Å²) >= 11 is 3.13. The molecule has 0 aliphatic heterocycles. The van der Waals surface area contributed by atoms with Crippen LogP contribution in [0.1, 0.15) is 5.56 Å². The fraction of sp³-hybridized carbons (Fsp3) is 0.133. The van der Waals surface area contributed by atoms with Gasteiger partial charge in [-0.1, -0.05) is 30.0 Å². The van der Waals surface area contributed by atoms with E-state index < -0.39 is 10.0 Å². The third-order valence-corrected chi connectivity index (χ3v) is 6.72. The molecule has 114 valence electrons. The van der Waals surface area contributed by atoms with E-state index in [9.17, 15) is 8.42 Å². The van der Waals surface area contributed by atoms with Crippen LogP contribution in [0.5, 0.6) is 0 Å². The molecule has 7 heteroatoms. The smallest absolute Gasteiger partial charge is 0.262 e. The van der Waals surface area contributed by atoms with Crippen LogP contribution in [0.4, 0.5) is 5.69 Å². The molecule has 0 bridgehead atoms. The Morgan fingerprint density at radius 2 is 1.95 bits per heavy atom. The minimum absolute atomic E-state index is 0.296. The van der Waals surface area contributed by atoms with Crippen LogP contribution in [0, 0.1) is 6.92 Å². The van der Waals surface area contributed by atoms with E-state index >= 15 is 0 Å². The molecule has 0 spiro atoms. The summed E-state index contributed by atoms with van der Waals surface area (Å²) in [6.45, 7) is 1.78. The molecule has 0 radical (unpaired) electrons. The summed E-state index contributed by atoms with van der Waals surface area (Å²) in [6, 6.07) is 12.3. The van der Waals surface area contributed by atoms with Crippen molar-refractivity contribution in [2.24, 2.45) is 0 Å². The van der Waals surface area contributed by atoms with Crippen LogP contribution < -0.4 is 4.72 Å². The second kappa shape index (κ2) is 5.91. The van der Waals surface area contributed by atoms with Gasteiger partial charge in [-0.2, -0.15) is 0 Å². The molecule has 0 atom stereocenters. The van der Waals surface area contributed by atoms with Crippen molar-refractivity contribution >= 4 is 49.0 Å². The highest BCUT2D eigenvalue weighted by Crippen LogP contribution is 2.30. The molecule has 3 aromatic rings. The van der Waals surface area contributed by atoms with Crippen molar-refractivity contribution in [2.45, 2.75) is 16.2 Å². The minimum Gasteiger partial charge on any atom is -0.280 e. The number of nitrogens with zero attached hydrogens (tertiary/aromatic N) is 1. The number of hydrogen-bond donors (Lipinski definition) is 1. The molecule has 3 rings (SSSR count). The summed E-state index contributed by atoms with van der Waals surface area (Å²) in [5.41, 5.74) is 2.15. The average Bonchev–Trinajstić information content (AvgIpc) is 2.89. The van der Waals surface area contributed by atoms with E-state index in [1.807, 2.05) is 24.5 Å². The lowest BCUT2D eigenvalue weighted by Crippen LogP contribution is -2.14. The highest BCUT2D eigenvalue weighted by molar-refractivity contribution is 8.00. The van der Waals surface area contributed by atoms with Gasteiger partial charge in [0.25, 0.3) is 10.0 Å². The normalized spacial score (nSPS) is 11.7. The monoisotopic (exact) mass is 350 g/mol. The lowest BCUT2D eigenvalue weighted by Gasteiger charge is -2.10. The van der Waals surface area contributed by atoms with Gasteiger partial charge in [-0.25, -0.2) is 13.4 Å². The molecule has 0 aliphatic rings. The molecule has 0 unspecified atom stereocenters. The van der Waals surface area contributed by atoms with Crippen molar-refractivity contribution < 1.29 is 8.42 Å². The Bertz CT molecular complexity index is 933. The number of fused-ring (bicyclic) bond motifs is 1. The molecule has 1 aromatic heterocycles. The predicted molar refractivity (Wildman–Crippen MR) is 93.4 cm³/mol. The van der Waals surface area contributed by atoms with Gasteiger partial charge in [0.05, 0.1) is 20.8 Å². The summed E-state index contributed by atoms with van der Waals surface area (Å²) in [5.74, 6) is 0. The maximum Gasteiger partial charge on any atom is 0.262 e. The number of aryl methyl sites for hydroxylation is 1. The number of anilines is 1. The highest BCUT2D eigenvalue weighted by atomic mass is 32.2. The number of hydrogen-bond acceptors (Lipinski definition) is 5. The third kappa shape index (κ3) is 2.97. The maximum atomic E-state index is 12.5. The van der Waals surface area contributed by atoms with Crippen molar-refractivity contribution in [3.63, 3.8) is 0 Å². The van der Waals surface area contributed by atoms with E-state index in [1.165, 1.54) is 0 Å². The summed E-state index contributed by atoms with van der Waals surface area (Å²) in [5, 5.41) is 0. The van der Waals surface area contributed by atoms with E-state index in [0.29, 0.717) is 10.6 Å². The Morgan fingerprint density at radius 1 is 1.18 bits per heavy atom. The Hall–Kier alpha value is -1.57. The van der Waals surface area contributed by atoms with Crippen LogP contribution in [0.25, 0.3) is 10.2 Å². The zero-order valence-corrected chi connectivity index (χ0v) is 14.5. The van der Waals surface area contributed by atoms with Gasteiger partial charge >= 0.3 is 0 Å². The van der Waals surface area contributed by atoms with Crippen LogP contribution >= 0.6 is 23.1 Å². The molecule has 0 saturated carbocycles. The van der Waals surface area contributed by atoms with Gasteiger partial charge in [-0.05, 0) is 43.0 Å². The molecular formula is C15H14N2O2S3. The van der Waals surface area contributed by atoms with Crippen LogP contribution in [0.3, 0.4) is 0 Å². The number of sulfonamides is 1. The van der Waals surface area contributed by atoms with Crippen molar-refractivity contribution in [1.29, 1.82) is 0 Å². The SMILES string of the molecule is CSc1nc2ccc(NS(=O)(=O)c3ccccc3C)cc2s1. The number of aromatic nitrogens is 1. The Kier molecular flexibility index (Phi) is 4.12. The Morgan fingerprint density at radius 3 is 2.68 bits per heavy atom. The molecule has 0 fully saturated rings. The lowest BCUT2D eigenvalue weighted by molar-refractivity contribution is 0.600. The molecule has 0 aliphatic carbocycles. The standard InChI is InChI=1S/C15H14N2O2S3/c1-10-5-3-4-6-14(10)22(18,19)17-11-7-8-12-13(9-11)21-15(16-12)20-2/h3-9,17H,1-2H3. The van der Waals surface area contributed by atoms with Crippen molar-refractivity contribution in [3.8, 4) is 0 Å². The highest BCUT2D eigenvalue weighted by Gasteiger charge is 2.16. The van der Waals surface area contributed by atoms with Crippen molar-refractivity contribution in [2.75, 3.05) is 11.0 Å². The van der Waals surface area contributed by atoms with Gasteiger partial charge in [-0.15, -0.1) is 11.3 Å². The first kappa shape index (κ1) is 15.3. The number of thiazole rings is 1. The van der Waals surface area contributed by atoms with Crippen LogP contribution in [0.15, 0.2) is 51.7 Å². The fourth-order valence-electron chi connectivity index (χ4n) is 2.12. The minimum atomic E-state index is -3.58. The largest absolute Gasteiger partial charge is 0.280 e. The number of benzene rings is 2. The van der Waals surface area contributed by atoms with Gasteiger partial charge in [-0.3, -0.25) is 4.72 Å². The van der Waals surface area contributed by atoms with E-state index in [4.69, 9.17) is 0 Å². The molecule has 1 heterocycles. The van der Waals surface area contributed by atoms with E-state index in [0.717, 1.165) is 20.1 Å². The summed E-state index contributed by atoms with van der Waals surface area (Å²) < 4.78 is 29.6. The van der Waals surface area contributed by atoms with Gasteiger partial charge in [0.1, 0.15) is 0 Å². The van der Waals surface area contributed by atoms with E-state index in [1.54, 1.807) is 54.3 Å². The van der Waals surface area contributed by atoms with Gasteiger partial charge in [0, 0.05) is 0 Å². The first-order valence-corrected chi connectivity index (χ1v) is 10.0. The summed E-state index contributed by atoms with van der Waals surface area (Å²) in [4.78, 5) is 4.74. The molecular weight excluding hydrogens is 336 g/mol. The second-order valence-corrected chi connectivity index (χ2v) is 8.47. The van der Waals surface area contributed by atoms with Crippen molar-refractivity contribution in [3.05, 3.63) is 48.0 Å². The molecule has 1 N–H and O–H groups in total. The van der Waals surface area contributed by atoms with Crippen LogP contribution in [-0.4, -0.2) is 19.7 Å². The molecule has 0 amide bonds. The Labute approximate surface area is 137 Å². The molecule has 4 nitrogen and oxygen atoms in total. The number of thioether (sulfide) groups is 1. The first-order valence-electron chi connectivity index (χ1n) is 6.52. The second-order valence-electron chi connectivity index (χ2n) is 4.74. The van der Waals surface area contributed by atoms with Crippen molar-refractivity contribution in [1.82, 2.24) is 4.98 Å². The number of nitrogens with one attached hydrogen (secondary N) is 1. The predicted octanol–water partition coefficient (Wildman–Crippen LogP) is 4.13. The maximum absolute atomic E-state index is 12.5. The topological polar surface area (TPSA) is 59.1 Å². The van der Waals surface area contributed by atoms with E-state index in [-0.39, 0.29) is 0 Å². The molecule has 0 saturated heterocycles. The van der Waals surface area contributed by atoms with Gasteiger partial charge < -0.3 is 0 Å². The van der Waals surface area contributed by atoms with Gasteiger partial charge in [0.2, 0.25) is 0 Å². The average molecular weight is 350 g/mol. The zero-order chi connectivity index (χ0) is 15.7. The summed E-state index contributed by atoms with van der Waals surface area (Å²) in [7, 11) is -3.58. The lowest BCUT2D eigenvalue weighted by atomic mass is 10.2. The fourth-order valence-corrected chi connectivity index (χ4v) is 4.95. The van der Waals surface area contributed by atoms with Gasteiger partial charge in [0.15, 0.2) is 4.34 Å². The van der Waals surface area contributed by atoms with E-state index in [2.05, 4.69) is 9.71 Å². The zero-order valence-electron chi connectivity index (χ0n) is 12.0. The molecule has 22 heavy (non-hydrogen) atoms. The third-order valence-electron chi connectivity index (χ3n) is 3.18. The summed E-state index contributed by atoms with van der Waals surface area (Å²) in [6.07, 6.45) is 1.97. The quantitative estimate of drug-likeness (QED) is 0.719. The Balaban J connectivity index is 1.97.